The number of hydrogen-bond acceptors (Lipinski definition) is 4. The van der Waals surface area contributed by atoms with Gasteiger partial charge in [0, 0.05) is 12.8 Å². The lowest BCUT2D eigenvalue weighted by Gasteiger charge is -2.21. The van der Waals surface area contributed by atoms with Crippen LogP contribution in [0, 0.1) is 0 Å². The summed E-state index contributed by atoms with van der Waals surface area (Å²) in [7, 11) is -3.30. The van der Waals surface area contributed by atoms with Crippen molar-refractivity contribution in [1.29, 1.82) is 0 Å². The quantitative estimate of drug-likeness (QED) is 0.858. The maximum atomic E-state index is 11.6. The number of hydrogen-bond donors (Lipinski definition) is 2. The number of nitrogens with one attached hydrogen (secondary N) is 2. The van der Waals surface area contributed by atoms with Crippen molar-refractivity contribution in [2.45, 2.75) is 12.8 Å². The van der Waals surface area contributed by atoms with E-state index in [0.717, 1.165) is 36.9 Å². The monoisotopic (exact) mass is 268 g/mol. The highest BCUT2D eigenvalue weighted by molar-refractivity contribution is 7.91. The maximum absolute atomic E-state index is 11.6. The third-order valence-electron chi connectivity index (χ3n) is 2.74. The van der Waals surface area contributed by atoms with E-state index in [4.69, 9.17) is 0 Å². The number of rotatable bonds is 3. The summed E-state index contributed by atoms with van der Waals surface area (Å²) in [6, 6.07) is 5.65. The van der Waals surface area contributed by atoms with Gasteiger partial charge in [0.15, 0.2) is 9.84 Å². The second-order valence-electron chi connectivity index (χ2n) is 4.49. The summed E-state index contributed by atoms with van der Waals surface area (Å²) >= 11 is 0. The number of carbonyl (C=O) groups is 1. The van der Waals surface area contributed by atoms with Crippen LogP contribution >= 0.6 is 0 Å². The first-order chi connectivity index (χ1) is 8.46. The van der Waals surface area contributed by atoms with Crippen LogP contribution in [0.15, 0.2) is 18.2 Å². The predicted molar refractivity (Wildman–Crippen MR) is 71.6 cm³/mol. The average molecular weight is 268 g/mol. The first-order valence-electron chi connectivity index (χ1n) is 5.79. The molecule has 0 radical (unpaired) electrons. The molecule has 18 heavy (non-hydrogen) atoms. The number of para-hydroxylation sites is 1. The van der Waals surface area contributed by atoms with E-state index in [1.54, 1.807) is 6.07 Å². The minimum atomic E-state index is -3.30. The molecule has 1 aromatic carbocycles. The van der Waals surface area contributed by atoms with Crippen molar-refractivity contribution >= 4 is 27.1 Å². The van der Waals surface area contributed by atoms with E-state index in [1.165, 1.54) is 0 Å². The summed E-state index contributed by atoms with van der Waals surface area (Å²) in [4.78, 5) is 11.6. The van der Waals surface area contributed by atoms with Crippen LogP contribution in [0.2, 0.25) is 0 Å². The predicted octanol–water partition coefficient (Wildman–Crippen LogP) is 1.03. The molecule has 1 amide bonds. The van der Waals surface area contributed by atoms with Crippen LogP contribution in [0.5, 0.6) is 0 Å². The Bertz CT molecular complexity index is 567. The van der Waals surface area contributed by atoms with E-state index >= 15 is 0 Å². The van der Waals surface area contributed by atoms with E-state index in [9.17, 15) is 13.2 Å². The fourth-order valence-electron chi connectivity index (χ4n) is 2.04. The molecule has 2 N–H and O–H groups in total. The smallest absolute Gasteiger partial charge is 0.239 e. The number of fused-ring (bicyclic) bond motifs is 1. The Hall–Kier alpha value is -1.56. The van der Waals surface area contributed by atoms with E-state index in [1.807, 2.05) is 12.1 Å². The van der Waals surface area contributed by atoms with Crippen LogP contribution in [0.4, 0.5) is 11.4 Å². The normalized spacial score (nSPS) is 14.5. The highest BCUT2D eigenvalue weighted by Gasteiger charge is 2.16. The summed E-state index contributed by atoms with van der Waals surface area (Å²) in [5.41, 5.74) is 2.71. The van der Waals surface area contributed by atoms with Crippen molar-refractivity contribution in [1.82, 2.24) is 0 Å². The lowest BCUT2D eigenvalue weighted by Crippen LogP contribution is -2.23. The van der Waals surface area contributed by atoms with Gasteiger partial charge in [-0.2, -0.15) is 0 Å². The van der Waals surface area contributed by atoms with Crippen molar-refractivity contribution in [2.75, 3.05) is 29.2 Å². The molecule has 0 spiro atoms. The zero-order valence-corrected chi connectivity index (χ0v) is 11.0. The minimum Gasteiger partial charge on any atom is -0.383 e. The number of benzene rings is 1. The van der Waals surface area contributed by atoms with Gasteiger partial charge in [0.1, 0.15) is 5.75 Å². The van der Waals surface area contributed by atoms with Crippen molar-refractivity contribution in [3.8, 4) is 0 Å². The first kappa shape index (κ1) is 12.9. The second-order valence-corrected chi connectivity index (χ2v) is 6.63. The zero-order chi connectivity index (χ0) is 13.2. The number of anilines is 2. The molecule has 0 aliphatic carbocycles. The molecule has 0 unspecified atom stereocenters. The number of carbonyl (C=O) groups excluding carboxylic acids is 1. The summed E-state index contributed by atoms with van der Waals surface area (Å²) in [5, 5.41) is 5.88. The second kappa shape index (κ2) is 4.97. The molecule has 0 fully saturated rings. The molecule has 1 aromatic rings. The largest absolute Gasteiger partial charge is 0.383 e. The van der Waals surface area contributed by atoms with Crippen LogP contribution < -0.4 is 10.6 Å². The zero-order valence-electron chi connectivity index (χ0n) is 10.2. The topological polar surface area (TPSA) is 75.3 Å². The molecule has 0 bridgehead atoms. The number of aryl methyl sites for hydroxylation is 1. The van der Waals surface area contributed by atoms with Gasteiger partial charge in [0.2, 0.25) is 5.91 Å². The van der Waals surface area contributed by atoms with Crippen molar-refractivity contribution in [3.63, 3.8) is 0 Å². The van der Waals surface area contributed by atoms with Crippen molar-refractivity contribution < 1.29 is 13.2 Å². The van der Waals surface area contributed by atoms with Crippen LogP contribution in [0.25, 0.3) is 0 Å². The molecule has 1 heterocycles. The molecule has 98 valence electrons. The lowest BCUT2D eigenvalue weighted by molar-refractivity contribution is -0.113. The molecule has 0 atom stereocenters. The van der Waals surface area contributed by atoms with E-state index in [-0.39, 0.29) is 0 Å². The lowest BCUT2D eigenvalue weighted by atomic mass is 10.0. The summed E-state index contributed by atoms with van der Waals surface area (Å²) in [6.07, 6.45) is 3.08. The third kappa shape index (κ3) is 3.22. The summed E-state index contributed by atoms with van der Waals surface area (Å²) in [5.74, 6) is -0.991. The molecular weight excluding hydrogens is 252 g/mol. The maximum Gasteiger partial charge on any atom is 0.239 e. The molecule has 1 aliphatic heterocycles. The van der Waals surface area contributed by atoms with Crippen LogP contribution in [0.3, 0.4) is 0 Å². The van der Waals surface area contributed by atoms with Gasteiger partial charge in [-0.25, -0.2) is 8.42 Å². The summed E-state index contributed by atoms with van der Waals surface area (Å²) < 4.78 is 22.1. The van der Waals surface area contributed by atoms with Crippen LogP contribution in [-0.2, 0) is 21.1 Å². The van der Waals surface area contributed by atoms with Gasteiger partial charge in [-0.3, -0.25) is 4.79 Å². The Kier molecular flexibility index (Phi) is 3.56. The average Bonchev–Trinajstić information content (AvgIpc) is 2.27. The molecule has 0 aromatic heterocycles. The number of amides is 1. The molecule has 2 rings (SSSR count). The Morgan fingerprint density at radius 2 is 2.22 bits per heavy atom. The van der Waals surface area contributed by atoms with Gasteiger partial charge < -0.3 is 10.6 Å². The summed E-state index contributed by atoms with van der Waals surface area (Å²) in [6.45, 7) is 0.867. The Morgan fingerprint density at radius 3 is 2.94 bits per heavy atom. The minimum absolute atomic E-state index is 0.489. The fourth-order valence-corrected chi connectivity index (χ4v) is 2.59. The van der Waals surface area contributed by atoms with Crippen LogP contribution in [0.1, 0.15) is 12.0 Å². The molecule has 5 nitrogen and oxygen atoms in total. The van der Waals surface area contributed by atoms with Gasteiger partial charge in [0.05, 0.1) is 11.4 Å². The Morgan fingerprint density at radius 1 is 1.44 bits per heavy atom. The number of sulfone groups is 1. The van der Waals surface area contributed by atoms with Gasteiger partial charge in [0.25, 0.3) is 0 Å². The molecule has 0 saturated carbocycles. The standard InChI is InChI=1S/C12H16N2O3S/c1-18(16,17)8-11(15)14-10-6-2-4-9-5-3-7-13-12(9)10/h2,4,6,13H,3,5,7-8H2,1H3,(H,14,15). The van der Waals surface area contributed by atoms with E-state index in [0.29, 0.717) is 5.69 Å². The van der Waals surface area contributed by atoms with Crippen LogP contribution in [-0.4, -0.2) is 32.9 Å². The van der Waals surface area contributed by atoms with Gasteiger partial charge in [-0.05, 0) is 24.5 Å². The molecule has 0 saturated heterocycles. The Balaban J connectivity index is 2.17. The van der Waals surface area contributed by atoms with Gasteiger partial charge >= 0.3 is 0 Å². The van der Waals surface area contributed by atoms with Crippen molar-refractivity contribution in [3.05, 3.63) is 23.8 Å². The van der Waals surface area contributed by atoms with Gasteiger partial charge in [-0.15, -0.1) is 0 Å². The van der Waals surface area contributed by atoms with E-state index < -0.39 is 21.5 Å². The molecular formula is C12H16N2O3S. The van der Waals surface area contributed by atoms with Gasteiger partial charge in [-0.1, -0.05) is 12.1 Å². The fraction of sp³-hybridized carbons (Fsp3) is 0.417. The van der Waals surface area contributed by atoms with Crippen molar-refractivity contribution in [2.24, 2.45) is 0 Å². The highest BCUT2D eigenvalue weighted by Crippen LogP contribution is 2.29. The Labute approximate surface area is 107 Å². The molecule has 1 aliphatic rings. The first-order valence-corrected chi connectivity index (χ1v) is 7.85. The third-order valence-corrected chi connectivity index (χ3v) is 3.53. The van der Waals surface area contributed by atoms with E-state index in [2.05, 4.69) is 10.6 Å². The highest BCUT2D eigenvalue weighted by atomic mass is 32.2. The SMILES string of the molecule is CS(=O)(=O)CC(=O)Nc1cccc2c1NCCC2. The molecule has 6 heteroatoms.